The molecule has 0 saturated carbocycles. The average Bonchev–Trinajstić information content (AvgIpc) is 3.23. The second kappa shape index (κ2) is 8.63. The molecule has 0 bridgehead atoms. The van der Waals surface area contributed by atoms with Crippen LogP contribution in [0.1, 0.15) is 41.9 Å². The number of hydrogen-bond donors (Lipinski definition) is 1. The van der Waals surface area contributed by atoms with Crippen molar-refractivity contribution in [3.05, 3.63) is 52.0 Å². The maximum Gasteiger partial charge on any atom is 0.257 e. The Kier molecular flexibility index (Phi) is 5.96. The molecule has 4 rings (SSSR count). The Morgan fingerprint density at radius 2 is 2.14 bits per heavy atom. The standard InChI is InChI=1S/C22H25BrN2O4/c1-3-28-19-12-14(11-17(23)20(19)27-2)21-24-18-9-5-4-8-16(18)22(26)25(21)13-15-7-6-10-29-15/h4-5,8-9,11-12,15,21,24H,3,6-7,10,13H2,1-2H3/t15-,21+/m1/s1. The number of methoxy groups -OCH3 is 1. The molecule has 2 aromatic rings. The minimum absolute atomic E-state index is 0.00440. The monoisotopic (exact) mass is 460 g/mol. The van der Waals surface area contributed by atoms with Gasteiger partial charge in [0.2, 0.25) is 0 Å². The van der Waals surface area contributed by atoms with Crippen LogP contribution >= 0.6 is 15.9 Å². The number of ether oxygens (including phenoxy) is 3. The summed E-state index contributed by atoms with van der Waals surface area (Å²) in [5, 5.41) is 3.53. The van der Waals surface area contributed by atoms with Gasteiger partial charge in [-0.1, -0.05) is 12.1 Å². The van der Waals surface area contributed by atoms with Gasteiger partial charge in [0.1, 0.15) is 6.17 Å². The van der Waals surface area contributed by atoms with Crippen molar-refractivity contribution in [1.29, 1.82) is 0 Å². The van der Waals surface area contributed by atoms with E-state index < -0.39 is 0 Å². The maximum absolute atomic E-state index is 13.4. The molecule has 0 unspecified atom stereocenters. The molecule has 1 amide bonds. The van der Waals surface area contributed by atoms with Crippen molar-refractivity contribution in [2.24, 2.45) is 0 Å². The lowest BCUT2D eigenvalue weighted by Gasteiger charge is -2.39. The normalized spacial score (nSPS) is 20.9. The van der Waals surface area contributed by atoms with E-state index in [1.807, 2.05) is 48.2 Å². The highest BCUT2D eigenvalue weighted by Crippen LogP contribution is 2.41. The summed E-state index contributed by atoms with van der Waals surface area (Å²) in [7, 11) is 1.62. The zero-order valence-electron chi connectivity index (χ0n) is 16.6. The van der Waals surface area contributed by atoms with Crippen LogP contribution in [0.5, 0.6) is 11.5 Å². The number of nitrogens with zero attached hydrogens (tertiary/aromatic N) is 1. The number of benzene rings is 2. The van der Waals surface area contributed by atoms with Gasteiger partial charge in [0.15, 0.2) is 11.5 Å². The summed E-state index contributed by atoms with van der Waals surface area (Å²) < 4.78 is 17.9. The molecule has 2 heterocycles. The summed E-state index contributed by atoms with van der Waals surface area (Å²) in [6, 6.07) is 11.5. The van der Waals surface area contributed by atoms with E-state index in [1.165, 1.54) is 0 Å². The summed E-state index contributed by atoms with van der Waals surface area (Å²) in [4.78, 5) is 15.2. The predicted octanol–water partition coefficient (Wildman–Crippen LogP) is 4.60. The van der Waals surface area contributed by atoms with E-state index >= 15 is 0 Å². The van der Waals surface area contributed by atoms with Gasteiger partial charge < -0.3 is 24.4 Å². The lowest BCUT2D eigenvalue weighted by Crippen LogP contribution is -2.46. The van der Waals surface area contributed by atoms with Crippen molar-refractivity contribution >= 4 is 27.5 Å². The minimum atomic E-state index is -0.331. The van der Waals surface area contributed by atoms with Gasteiger partial charge in [0.05, 0.1) is 29.9 Å². The molecule has 2 atom stereocenters. The zero-order chi connectivity index (χ0) is 20.4. The van der Waals surface area contributed by atoms with Gasteiger partial charge in [0.25, 0.3) is 5.91 Å². The van der Waals surface area contributed by atoms with Crippen LogP contribution in [0.4, 0.5) is 5.69 Å². The zero-order valence-corrected chi connectivity index (χ0v) is 18.2. The fourth-order valence-corrected chi connectivity index (χ4v) is 4.58. The molecule has 7 heteroatoms. The van der Waals surface area contributed by atoms with Gasteiger partial charge in [-0.05, 0) is 65.5 Å². The third-order valence-corrected chi connectivity index (χ3v) is 5.89. The van der Waals surface area contributed by atoms with Gasteiger partial charge in [-0.15, -0.1) is 0 Å². The topological polar surface area (TPSA) is 60.0 Å². The molecular formula is C22H25BrN2O4. The molecule has 1 saturated heterocycles. The van der Waals surface area contributed by atoms with Gasteiger partial charge in [-0.2, -0.15) is 0 Å². The highest BCUT2D eigenvalue weighted by atomic mass is 79.9. The number of anilines is 1. The number of rotatable bonds is 6. The molecule has 154 valence electrons. The lowest BCUT2D eigenvalue weighted by molar-refractivity contribution is 0.0426. The Hall–Kier alpha value is -2.25. The summed E-state index contributed by atoms with van der Waals surface area (Å²) in [5.41, 5.74) is 2.43. The first-order valence-electron chi connectivity index (χ1n) is 9.90. The van der Waals surface area contributed by atoms with Crippen molar-refractivity contribution < 1.29 is 19.0 Å². The molecule has 0 radical (unpaired) electrons. The molecule has 0 aromatic heterocycles. The van der Waals surface area contributed by atoms with E-state index in [4.69, 9.17) is 14.2 Å². The van der Waals surface area contributed by atoms with Crippen LogP contribution in [0, 0.1) is 0 Å². The molecular weight excluding hydrogens is 436 g/mol. The van der Waals surface area contributed by atoms with Crippen LogP contribution in [-0.4, -0.2) is 43.8 Å². The Bertz CT molecular complexity index is 898. The molecule has 2 aliphatic heterocycles. The first kappa shape index (κ1) is 20.0. The fourth-order valence-electron chi connectivity index (χ4n) is 3.96. The van der Waals surface area contributed by atoms with E-state index in [1.54, 1.807) is 7.11 Å². The van der Waals surface area contributed by atoms with Crippen LogP contribution in [0.2, 0.25) is 0 Å². The molecule has 2 aliphatic rings. The van der Waals surface area contributed by atoms with Gasteiger partial charge >= 0.3 is 0 Å². The van der Waals surface area contributed by atoms with E-state index in [9.17, 15) is 4.79 Å². The molecule has 0 aliphatic carbocycles. The van der Waals surface area contributed by atoms with Crippen molar-refractivity contribution in [2.75, 3.05) is 32.2 Å². The average molecular weight is 461 g/mol. The van der Waals surface area contributed by atoms with Crippen molar-refractivity contribution in [2.45, 2.75) is 32.0 Å². The lowest BCUT2D eigenvalue weighted by atomic mass is 10.0. The van der Waals surface area contributed by atoms with Crippen LogP contribution < -0.4 is 14.8 Å². The second-order valence-electron chi connectivity index (χ2n) is 7.15. The maximum atomic E-state index is 13.4. The first-order chi connectivity index (χ1) is 14.1. The van der Waals surface area contributed by atoms with E-state index in [2.05, 4.69) is 21.2 Å². The fraction of sp³-hybridized carbons (Fsp3) is 0.409. The molecule has 2 aromatic carbocycles. The Morgan fingerprint density at radius 3 is 2.86 bits per heavy atom. The quantitative estimate of drug-likeness (QED) is 0.682. The SMILES string of the molecule is CCOc1cc([C@H]2Nc3ccccc3C(=O)N2C[C@H]2CCCO2)cc(Br)c1OC. The first-order valence-corrected chi connectivity index (χ1v) is 10.7. The summed E-state index contributed by atoms with van der Waals surface area (Å²) >= 11 is 3.59. The van der Waals surface area contributed by atoms with Crippen LogP contribution in [-0.2, 0) is 4.74 Å². The molecule has 1 fully saturated rings. The number of carbonyl (C=O) groups excluding carboxylic acids is 1. The Balaban J connectivity index is 1.75. The number of amides is 1. The third-order valence-electron chi connectivity index (χ3n) is 5.30. The Morgan fingerprint density at radius 1 is 1.31 bits per heavy atom. The van der Waals surface area contributed by atoms with E-state index in [0.29, 0.717) is 30.2 Å². The minimum Gasteiger partial charge on any atom is -0.492 e. The number of para-hydroxylation sites is 1. The van der Waals surface area contributed by atoms with Gasteiger partial charge in [-0.3, -0.25) is 4.79 Å². The number of halogens is 1. The number of fused-ring (bicyclic) bond motifs is 1. The molecule has 0 spiro atoms. The summed E-state index contributed by atoms with van der Waals surface area (Å²) in [6.07, 6.45) is 1.73. The largest absolute Gasteiger partial charge is 0.492 e. The highest BCUT2D eigenvalue weighted by Gasteiger charge is 2.35. The number of hydrogen-bond acceptors (Lipinski definition) is 5. The van der Waals surface area contributed by atoms with E-state index in [-0.39, 0.29) is 18.2 Å². The summed E-state index contributed by atoms with van der Waals surface area (Å²) in [5.74, 6) is 1.29. The third kappa shape index (κ3) is 3.94. The smallest absolute Gasteiger partial charge is 0.257 e. The second-order valence-corrected chi connectivity index (χ2v) is 8.01. The molecule has 1 N–H and O–H groups in total. The van der Waals surface area contributed by atoms with Gasteiger partial charge in [-0.25, -0.2) is 0 Å². The van der Waals surface area contributed by atoms with Crippen LogP contribution in [0.15, 0.2) is 40.9 Å². The Labute approximate surface area is 179 Å². The van der Waals surface area contributed by atoms with Crippen molar-refractivity contribution in [1.82, 2.24) is 4.90 Å². The summed E-state index contributed by atoms with van der Waals surface area (Å²) in [6.45, 7) is 3.75. The van der Waals surface area contributed by atoms with Crippen LogP contribution in [0.3, 0.4) is 0 Å². The molecule has 29 heavy (non-hydrogen) atoms. The van der Waals surface area contributed by atoms with E-state index in [0.717, 1.165) is 35.2 Å². The van der Waals surface area contributed by atoms with Crippen LogP contribution in [0.25, 0.3) is 0 Å². The number of nitrogens with one attached hydrogen (secondary N) is 1. The van der Waals surface area contributed by atoms with Crippen molar-refractivity contribution in [3.63, 3.8) is 0 Å². The van der Waals surface area contributed by atoms with Gasteiger partial charge in [0, 0.05) is 18.8 Å². The number of carbonyl (C=O) groups is 1. The van der Waals surface area contributed by atoms with Crippen molar-refractivity contribution in [3.8, 4) is 11.5 Å². The predicted molar refractivity (Wildman–Crippen MR) is 115 cm³/mol. The highest BCUT2D eigenvalue weighted by molar-refractivity contribution is 9.10. The molecule has 6 nitrogen and oxygen atoms in total.